The molecule has 0 radical (unpaired) electrons. The molecule has 0 fully saturated rings. The summed E-state index contributed by atoms with van der Waals surface area (Å²) in [6, 6.07) is 0. The van der Waals surface area contributed by atoms with Crippen molar-refractivity contribution in [3.8, 4) is 0 Å². The van der Waals surface area contributed by atoms with Crippen molar-refractivity contribution in [3.63, 3.8) is 0 Å². The third-order valence-electron chi connectivity index (χ3n) is 3.08. The lowest BCUT2D eigenvalue weighted by Gasteiger charge is -2.09. The van der Waals surface area contributed by atoms with Crippen LogP contribution >= 0.6 is 0 Å². The Morgan fingerprint density at radius 3 is 2.21 bits per heavy atom. The van der Waals surface area contributed by atoms with E-state index in [-0.39, 0.29) is 0 Å². The van der Waals surface area contributed by atoms with Crippen molar-refractivity contribution in [2.24, 2.45) is 11.8 Å². The topological polar surface area (TPSA) is 0 Å². The van der Waals surface area contributed by atoms with Crippen LogP contribution in [-0.4, -0.2) is 0 Å². The molecule has 0 saturated carbocycles. The highest BCUT2D eigenvalue weighted by Gasteiger charge is 2.18. The fourth-order valence-corrected chi connectivity index (χ4v) is 2.18. The van der Waals surface area contributed by atoms with Crippen LogP contribution in [0.2, 0.25) is 0 Å². The lowest BCUT2D eigenvalue weighted by Crippen LogP contribution is -1.93. The molecule has 0 saturated heterocycles. The molecule has 0 amide bonds. The maximum absolute atomic E-state index is 2.46. The Labute approximate surface area is 89.1 Å². The van der Waals surface area contributed by atoms with Crippen molar-refractivity contribution in [3.05, 3.63) is 22.8 Å². The minimum atomic E-state index is 0.702. The van der Waals surface area contributed by atoms with E-state index < -0.39 is 0 Å². The molecule has 0 heterocycles. The van der Waals surface area contributed by atoms with Crippen molar-refractivity contribution < 1.29 is 0 Å². The van der Waals surface area contributed by atoms with E-state index in [1.165, 1.54) is 19.3 Å². The van der Waals surface area contributed by atoms with Gasteiger partial charge in [-0.3, -0.25) is 0 Å². The van der Waals surface area contributed by atoms with E-state index in [1.807, 2.05) is 0 Å². The highest BCUT2D eigenvalue weighted by atomic mass is 14.2. The Kier molecular flexibility index (Phi) is 3.97. The van der Waals surface area contributed by atoms with Crippen LogP contribution in [0, 0.1) is 11.8 Å². The van der Waals surface area contributed by atoms with Crippen LogP contribution in [0.25, 0.3) is 0 Å². The molecular weight excluding hydrogens is 168 g/mol. The standard InChI is InChI=1S/C14H24/c1-6-7-12-8-13(10(2)3)9-14(12)11(4)5/h9-11H,6-8H2,1-5H3. The van der Waals surface area contributed by atoms with Gasteiger partial charge in [-0.05, 0) is 30.3 Å². The average molecular weight is 192 g/mol. The molecule has 0 bridgehead atoms. The molecule has 1 aliphatic rings. The van der Waals surface area contributed by atoms with Gasteiger partial charge in [0.15, 0.2) is 0 Å². The van der Waals surface area contributed by atoms with Crippen LogP contribution in [0.4, 0.5) is 0 Å². The Morgan fingerprint density at radius 2 is 1.79 bits per heavy atom. The zero-order chi connectivity index (χ0) is 10.7. The van der Waals surface area contributed by atoms with E-state index in [9.17, 15) is 0 Å². The van der Waals surface area contributed by atoms with Crippen molar-refractivity contribution in [1.82, 2.24) is 0 Å². The first-order valence-corrected chi connectivity index (χ1v) is 5.98. The minimum Gasteiger partial charge on any atom is -0.0651 e. The second-order valence-electron chi connectivity index (χ2n) is 5.01. The van der Waals surface area contributed by atoms with Gasteiger partial charge >= 0.3 is 0 Å². The van der Waals surface area contributed by atoms with Crippen LogP contribution in [0.1, 0.15) is 53.9 Å². The van der Waals surface area contributed by atoms with Gasteiger partial charge in [-0.2, -0.15) is 0 Å². The predicted octanol–water partition coefficient (Wildman–Crippen LogP) is 4.73. The summed E-state index contributed by atoms with van der Waals surface area (Å²) in [5, 5.41) is 0. The molecule has 14 heavy (non-hydrogen) atoms. The summed E-state index contributed by atoms with van der Waals surface area (Å²) in [4.78, 5) is 0. The fourth-order valence-electron chi connectivity index (χ4n) is 2.18. The van der Waals surface area contributed by atoms with Crippen LogP contribution in [-0.2, 0) is 0 Å². The molecule has 0 heteroatoms. The Morgan fingerprint density at radius 1 is 1.14 bits per heavy atom. The van der Waals surface area contributed by atoms with Gasteiger partial charge in [-0.25, -0.2) is 0 Å². The quantitative estimate of drug-likeness (QED) is 0.604. The predicted molar refractivity (Wildman–Crippen MR) is 64.3 cm³/mol. The van der Waals surface area contributed by atoms with Gasteiger partial charge in [-0.1, -0.05) is 58.3 Å². The van der Waals surface area contributed by atoms with Gasteiger partial charge in [0.1, 0.15) is 0 Å². The normalized spacial score (nSPS) is 17.2. The van der Waals surface area contributed by atoms with Crippen molar-refractivity contribution in [1.29, 1.82) is 0 Å². The first-order valence-electron chi connectivity index (χ1n) is 5.98. The maximum atomic E-state index is 2.46. The van der Waals surface area contributed by atoms with Crippen LogP contribution < -0.4 is 0 Å². The Hall–Kier alpha value is -0.520. The van der Waals surface area contributed by atoms with E-state index in [1.54, 1.807) is 16.7 Å². The molecule has 80 valence electrons. The van der Waals surface area contributed by atoms with Crippen molar-refractivity contribution in [2.75, 3.05) is 0 Å². The lowest BCUT2D eigenvalue weighted by atomic mass is 9.96. The van der Waals surface area contributed by atoms with Gasteiger partial charge in [0, 0.05) is 0 Å². The summed E-state index contributed by atoms with van der Waals surface area (Å²) >= 11 is 0. The number of rotatable bonds is 4. The molecule has 0 aliphatic heterocycles. The second kappa shape index (κ2) is 4.82. The van der Waals surface area contributed by atoms with Crippen molar-refractivity contribution in [2.45, 2.75) is 53.9 Å². The smallest absolute Gasteiger partial charge is 0.00967 e. The summed E-state index contributed by atoms with van der Waals surface area (Å²) in [6.07, 6.45) is 6.28. The van der Waals surface area contributed by atoms with Gasteiger partial charge in [-0.15, -0.1) is 0 Å². The summed E-state index contributed by atoms with van der Waals surface area (Å²) < 4.78 is 0. The van der Waals surface area contributed by atoms with Gasteiger partial charge in [0.2, 0.25) is 0 Å². The average Bonchev–Trinajstić information content (AvgIpc) is 2.49. The fraction of sp³-hybridized carbons (Fsp3) is 0.714. The zero-order valence-corrected chi connectivity index (χ0v) is 10.4. The van der Waals surface area contributed by atoms with Crippen LogP contribution in [0.5, 0.6) is 0 Å². The molecule has 0 aromatic rings. The molecule has 0 spiro atoms. The second-order valence-corrected chi connectivity index (χ2v) is 5.01. The molecule has 0 aromatic carbocycles. The first kappa shape index (κ1) is 11.6. The maximum Gasteiger partial charge on any atom is -0.00967 e. The molecule has 0 nitrogen and oxygen atoms in total. The van der Waals surface area contributed by atoms with E-state index >= 15 is 0 Å². The number of hydrogen-bond acceptors (Lipinski definition) is 0. The summed E-state index contributed by atoms with van der Waals surface area (Å²) in [7, 11) is 0. The summed E-state index contributed by atoms with van der Waals surface area (Å²) in [5.74, 6) is 1.42. The molecule has 0 atom stereocenters. The van der Waals surface area contributed by atoms with E-state index in [0.29, 0.717) is 5.92 Å². The number of allylic oxidation sites excluding steroid dienone is 4. The van der Waals surface area contributed by atoms with Crippen LogP contribution in [0.15, 0.2) is 22.8 Å². The SMILES string of the molecule is CCCC1=C(C(C)C)C=C(C(C)C)C1. The first-order chi connectivity index (χ1) is 6.56. The summed E-state index contributed by atoms with van der Waals surface area (Å²) in [5.41, 5.74) is 4.96. The van der Waals surface area contributed by atoms with E-state index in [2.05, 4.69) is 40.7 Å². The van der Waals surface area contributed by atoms with Gasteiger partial charge < -0.3 is 0 Å². The third-order valence-corrected chi connectivity index (χ3v) is 3.08. The molecular formula is C14H24. The molecule has 0 aromatic heterocycles. The lowest BCUT2D eigenvalue weighted by molar-refractivity contribution is 0.730. The Balaban J connectivity index is 2.80. The van der Waals surface area contributed by atoms with Crippen molar-refractivity contribution >= 4 is 0 Å². The number of hydrogen-bond donors (Lipinski definition) is 0. The molecule has 1 aliphatic carbocycles. The van der Waals surface area contributed by atoms with E-state index in [4.69, 9.17) is 0 Å². The molecule has 0 N–H and O–H groups in total. The highest BCUT2D eigenvalue weighted by Crippen LogP contribution is 2.35. The Bertz CT molecular complexity index is 251. The molecule has 0 unspecified atom stereocenters. The summed E-state index contributed by atoms with van der Waals surface area (Å²) in [6.45, 7) is 11.5. The highest BCUT2D eigenvalue weighted by molar-refractivity contribution is 5.40. The zero-order valence-electron chi connectivity index (χ0n) is 10.4. The molecule has 1 rings (SSSR count). The van der Waals surface area contributed by atoms with E-state index in [0.717, 1.165) is 5.92 Å². The monoisotopic (exact) mass is 192 g/mol. The third kappa shape index (κ3) is 2.50. The largest absolute Gasteiger partial charge is 0.0651 e. The van der Waals surface area contributed by atoms with Gasteiger partial charge in [0.05, 0.1) is 0 Å². The minimum absolute atomic E-state index is 0.702. The van der Waals surface area contributed by atoms with Crippen LogP contribution in [0.3, 0.4) is 0 Å². The van der Waals surface area contributed by atoms with Gasteiger partial charge in [0.25, 0.3) is 0 Å².